The highest BCUT2D eigenvalue weighted by Crippen LogP contribution is 2.25. The fourth-order valence-electron chi connectivity index (χ4n) is 2.27. The second-order valence-corrected chi connectivity index (χ2v) is 6.24. The number of rotatable bonds is 4. The van der Waals surface area contributed by atoms with Gasteiger partial charge in [0.2, 0.25) is 0 Å². The van der Waals surface area contributed by atoms with Crippen molar-refractivity contribution in [2.75, 3.05) is 13.1 Å². The van der Waals surface area contributed by atoms with Crippen LogP contribution in [0.3, 0.4) is 0 Å². The zero-order valence-electron chi connectivity index (χ0n) is 12.3. The summed E-state index contributed by atoms with van der Waals surface area (Å²) in [4.78, 5) is 12.4. The minimum atomic E-state index is -0.0677. The molecule has 1 atom stereocenters. The normalized spacial score (nSPS) is 18.0. The highest BCUT2D eigenvalue weighted by Gasteiger charge is 2.19. The molecule has 6 heteroatoms. The van der Waals surface area contributed by atoms with Gasteiger partial charge in [-0.25, -0.2) is 0 Å². The molecule has 0 aliphatic carbocycles. The summed E-state index contributed by atoms with van der Waals surface area (Å²) >= 11 is 3.41. The molecule has 1 heterocycles. The lowest BCUT2D eigenvalue weighted by atomic mass is 10.1. The highest BCUT2D eigenvalue weighted by molar-refractivity contribution is 9.10. The first kappa shape index (κ1) is 18.3. The molecule has 4 nitrogen and oxygen atoms in total. The quantitative estimate of drug-likeness (QED) is 0.847. The zero-order valence-corrected chi connectivity index (χ0v) is 14.7. The van der Waals surface area contributed by atoms with E-state index in [1.165, 1.54) is 0 Å². The number of nitrogens with one attached hydrogen (secondary N) is 2. The maximum Gasteiger partial charge on any atom is 0.255 e. The van der Waals surface area contributed by atoms with Crippen molar-refractivity contribution in [3.63, 3.8) is 0 Å². The van der Waals surface area contributed by atoms with Gasteiger partial charge in [-0.15, -0.1) is 12.4 Å². The molecule has 1 saturated heterocycles. The summed E-state index contributed by atoms with van der Waals surface area (Å²) in [5.74, 6) is 0.553. The fourth-order valence-corrected chi connectivity index (χ4v) is 2.61. The number of hydrogen-bond donors (Lipinski definition) is 2. The Labute approximate surface area is 140 Å². The van der Waals surface area contributed by atoms with Crippen molar-refractivity contribution in [3.8, 4) is 5.75 Å². The predicted molar refractivity (Wildman–Crippen MR) is 90.5 cm³/mol. The Bertz CT molecular complexity index is 477. The van der Waals surface area contributed by atoms with E-state index in [9.17, 15) is 4.79 Å². The van der Waals surface area contributed by atoms with Gasteiger partial charge in [-0.3, -0.25) is 4.79 Å². The Morgan fingerprint density at radius 3 is 2.86 bits per heavy atom. The molecule has 21 heavy (non-hydrogen) atoms. The topological polar surface area (TPSA) is 50.4 Å². The lowest BCUT2D eigenvalue weighted by molar-refractivity contribution is 0.0925. The summed E-state index contributed by atoms with van der Waals surface area (Å²) in [7, 11) is 0. The van der Waals surface area contributed by atoms with E-state index in [0.29, 0.717) is 11.3 Å². The monoisotopic (exact) mass is 376 g/mol. The smallest absolute Gasteiger partial charge is 0.255 e. The molecule has 0 radical (unpaired) electrons. The minimum Gasteiger partial charge on any atom is -0.490 e. The van der Waals surface area contributed by atoms with E-state index in [2.05, 4.69) is 26.6 Å². The molecule has 1 amide bonds. The molecule has 1 aromatic carbocycles. The van der Waals surface area contributed by atoms with Gasteiger partial charge in [-0.05, 0) is 51.4 Å². The van der Waals surface area contributed by atoms with Crippen molar-refractivity contribution in [2.45, 2.75) is 38.8 Å². The van der Waals surface area contributed by atoms with Crippen molar-refractivity contribution in [1.29, 1.82) is 0 Å². The number of hydrogen-bond acceptors (Lipinski definition) is 3. The van der Waals surface area contributed by atoms with Gasteiger partial charge in [0.15, 0.2) is 0 Å². The molecule has 2 rings (SSSR count). The third-order valence-corrected chi connectivity index (χ3v) is 3.68. The Hall–Kier alpha value is -0.780. The Balaban J connectivity index is 0.00000220. The Kier molecular flexibility index (Phi) is 7.49. The number of carbonyl (C=O) groups is 1. The van der Waals surface area contributed by atoms with Crippen molar-refractivity contribution >= 4 is 34.2 Å². The summed E-state index contributed by atoms with van der Waals surface area (Å²) in [6.07, 6.45) is 2.16. The van der Waals surface area contributed by atoms with Crippen LogP contribution in [0.2, 0.25) is 0 Å². The van der Waals surface area contributed by atoms with Crippen LogP contribution in [0.25, 0.3) is 0 Å². The molecule has 2 N–H and O–H groups in total. The summed E-state index contributed by atoms with van der Waals surface area (Å²) in [5.41, 5.74) is 0.590. The first-order chi connectivity index (χ1) is 9.56. The predicted octanol–water partition coefficient (Wildman–Crippen LogP) is 3.14. The number of piperidine rings is 1. The van der Waals surface area contributed by atoms with E-state index in [0.717, 1.165) is 30.4 Å². The van der Waals surface area contributed by atoms with E-state index in [1.807, 2.05) is 26.0 Å². The molecular formula is C15H22BrClN2O2. The summed E-state index contributed by atoms with van der Waals surface area (Å²) < 4.78 is 6.64. The van der Waals surface area contributed by atoms with E-state index in [4.69, 9.17) is 4.74 Å². The molecule has 1 aliphatic heterocycles. The first-order valence-corrected chi connectivity index (χ1v) is 7.83. The number of carbonyl (C=O) groups excluding carboxylic acids is 1. The van der Waals surface area contributed by atoms with Gasteiger partial charge in [0.05, 0.1) is 11.7 Å². The van der Waals surface area contributed by atoms with Crippen LogP contribution in [0.1, 0.15) is 37.0 Å². The summed E-state index contributed by atoms with van der Waals surface area (Å²) in [6, 6.07) is 5.70. The van der Waals surface area contributed by atoms with Crippen molar-refractivity contribution in [3.05, 3.63) is 28.2 Å². The van der Waals surface area contributed by atoms with Crippen molar-refractivity contribution in [2.24, 2.45) is 0 Å². The average Bonchev–Trinajstić information content (AvgIpc) is 2.39. The molecular weight excluding hydrogens is 356 g/mol. The van der Waals surface area contributed by atoms with Crippen molar-refractivity contribution in [1.82, 2.24) is 10.6 Å². The second kappa shape index (κ2) is 8.61. The molecule has 0 unspecified atom stereocenters. The number of benzene rings is 1. The van der Waals surface area contributed by atoms with Crippen LogP contribution in [0.15, 0.2) is 22.7 Å². The van der Waals surface area contributed by atoms with Crippen molar-refractivity contribution < 1.29 is 9.53 Å². The third-order valence-electron chi connectivity index (χ3n) is 3.18. The van der Waals surface area contributed by atoms with Crippen LogP contribution >= 0.6 is 28.3 Å². The standard InChI is InChI=1S/C15H21BrN2O2.ClH/c1-10(2)20-14-8-11(16)5-6-13(14)15(19)18-12-4-3-7-17-9-12;/h5-6,8,10,12,17H,3-4,7,9H2,1-2H3,(H,18,19);1H/t12-;/m0./s1. The van der Waals surface area contributed by atoms with Gasteiger partial charge < -0.3 is 15.4 Å². The van der Waals surface area contributed by atoms with Crippen LogP contribution in [0.4, 0.5) is 0 Å². The van der Waals surface area contributed by atoms with Crippen LogP contribution in [0, 0.1) is 0 Å². The first-order valence-electron chi connectivity index (χ1n) is 7.04. The molecule has 118 valence electrons. The van der Waals surface area contributed by atoms with E-state index < -0.39 is 0 Å². The highest BCUT2D eigenvalue weighted by atomic mass is 79.9. The average molecular weight is 378 g/mol. The molecule has 0 spiro atoms. The molecule has 1 fully saturated rings. The lowest BCUT2D eigenvalue weighted by Crippen LogP contribution is -2.45. The molecule has 0 saturated carbocycles. The SMILES string of the molecule is CC(C)Oc1cc(Br)ccc1C(=O)N[C@H]1CCCNC1.Cl. The Morgan fingerprint density at radius 1 is 1.48 bits per heavy atom. The Morgan fingerprint density at radius 2 is 2.24 bits per heavy atom. The van der Waals surface area contributed by atoms with Crippen LogP contribution < -0.4 is 15.4 Å². The van der Waals surface area contributed by atoms with Gasteiger partial charge in [0.1, 0.15) is 5.75 Å². The molecule has 0 aromatic heterocycles. The lowest BCUT2D eigenvalue weighted by Gasteiger charge is -2.24. The number of halogens is 2. The van der Waals surface area contributed by atoms with Gasteiger partial charge >= 0.3 is 0 Å². The maximum absolute atomic E-state index is 12.4. The number of amides is 1. The second-order valence-electron chi connectivity index (χ2n) is 5.32. The van der Waals surface area contributed by atoms with E-state index >= 15 is 0 Å². The molecule has 1 aliphatic rings. The van der Waals surface area contributed by atoms with Gasteiger partial charge in [0.25, 0.3) is 5.91 Å². The minimum absolute atomic E-state index is 0. The molecule has 0 bridgehead atoms. The third kappa shape index (κ3) is 5.49. The summed E-state index contributed by atoms with van der Waals surface area (Å²) in [5, 5.41) is 6.37. The zero-order chi connectivity index (χ0) is 14.5. The van der Waals surface area contributed by atoms with Crippen LogP contribution in [-0.2, 0) is 0 Å². The molecule has 1 aromatic rings. The number of ether oxygens (including phenoxy) is 1. The fraction of sp³-hybridized carbons (Fsp3) is 0.533. The summed E-state index contributed by atoms with van der Waals surface area (Å²) in [6.45, 7) is 5.77. The van der Waals surface area contributed by atoms with Crippen LogP contribution in [0.5, 0.6) is 5.75 Å². The maximum atomic E-state index is 12.4. The largest absolute Gasteiger partial charge is 0.490 e. The van der Waals surface area contributed by atoms with Gasteiger partial charge in [-0.2, -0.15) is 0 Å². The van der Waals surface area contributed by atoms with E-state index in [1.54, 1.807) is 6.07 Å². The van der Waals surface area contributed by atoms with E-state index in [-0.39, 0.29) is 30.5 Å². The van der Waals surface area contributed by atoms with Gasteiger partial charge in [-0.1, -0.05) is 15.9 Å². The van der Waals surface area contributed by atoms with Gasteiger partial charge in [0, 0.05) is 17.1 Å². The van der Waals surface area contributed by atoms with Crippen LogP contribution in [-0.4, -0.2) is 31.1 Å².